The van der Waals surface area contributed by atoms with Gasteiger partial charge in [0.2, 0.25) is 5.91 Å². The standard InChI is InChI=1S/C11H13NO3/c1-8(14)6-11(15)12-10-4-2-9(7-13)3-5-10/h2-5,13H,6-7H2,1H3,(H,12,15). The number of benzene rings is 1. The van der Waals surface area contributed by atoms with E-state index in [2.05, 4.69) is 5.32 Å². The summed E-state index contributed by atoms with van der Waals surface area (Å²) in [5, 5.41) is 11.4. The van der Waals surface area contributed by atoms with Crippen molar-refractivity contribution in [2.45, 2.75) is 20.0 Å². The maximum Gasteiger partial charge on any atom is 0.231 e. The monoisotopic (exact) mass is 207 g/mol. The molecule has 1 aromatic carbocycles. The first-order valence-corrected chi connectivity index (χ1v) is 4.61. The fourth-order valence-electron chi connectivity index (χ4n) is 1.12. The van der Waals surface area contributed by atoms with E-state index < -0.39 is 0 Å². The van der Waals surface area contributed by atoms with E-state index in [0.717, 1.165) is 5.56 Å². The quantitative estimate of drug-likeness (QED) is 0.726. The molecule has 2 N–H and O–H groups in total. The predicted octanol–water partition coefficient (Wildman–Crippen LogP) is 1.10. The van der Waals surface area contributed by atoms with E-state index in [9.17, 15) is 9.59 Å². The van der Waals surface area contributed by atoms with Crippen LogP contribution in [0.15, 0.2) is 24.3 Å². The molecule has 0 fully saturated rings. The number of anilines is 1. The highest BCUT2D eigenvalue weighted by atomic mass is 16.3. The van der Waals surface area contributed by atoms with Crippen molar-refractivity contribution in [1.29, 1.82) is 0 Å². The van der Waals surface area contributed by atoms with Crippen molar-refractivity contribution < 1.29 is 14.7 Å². The Morgan fingerprint density at radius 3 is 2.33 bits per heavy atom. The number of amides is 1. The summed E-state index contributed by atoms with van der Waals surface area (Å²) >= 11 is 0. The molecule has 0 saturated heterocycles. The number of carbonyl (C=O) groups is 2. The van der Waals surface area contributed by atoms with Gasteiger partial charge in [-0.1, -0.05) is 12.1 Å². The normalized spacial score (nSPS) is 9.73. The van der Waals surface area contributed by atoms with Crippen LogP contribution in [0.2, 0.25) is 0 Å². The van der Waals surface area contributed by atoms with Gasteiger partial charge in [0.1, 0.15) is 5.78 Å². The molecule has 1 amide bonds. The van der Waals surface area contributed by atoms with Crippen LogP contribution in [0.5, 0.6) is 0 Å². The van der Waals surface area contributed by atoms with Gasteiger partial charge in [-0.3, -0.25) is 9.59 Å². The fraction of sp³-hybridized carbons (Fsp3) is 0.273. The molecule has 15 heavy (non-hydrogen) atoms. The molecule has 0 aliphatic heterocycles. The van der Waals surface area contributed by atoms with Crippen molar-refractivity contribution in [2.75, 3.05) is 5.32 Å². The van der Waals surface area contributed by atoms with Crippen LogP contribution < -0.4 is 5.32 Å². The number of ketones is 1. The van der Waals surface area contributed by atoms with E-state index in [1.165, 1.54) is 6.92 Å². The molecule has 1 rings (SSSR count). The van der Waals surface area contributed by atoms with Crippen molar-refractivity contribution in [3.63, 3.8) is 0 Å². The molecule has 0 unspecified atom stereocenters. The molecule has 0 aliphatic carbocycles. The summed E-state index contributed by atoms with van der Waals surface area (Å²) < 4.78 is 0. The minimum Gasteiger partial charge on any atom is -0.392 e. The zero-order chi connectivity index (χ0) is 11.3. The summed E-state index contributed by atoms with van der Waals surface area (Å²) in [5.41, 5.74) is 1.40. The van der Waals surface area contributed by atoms with Crippen molar-refractivity contribution in [1.82, 2.24) is 0 Å². The number of hydrogen-bond donors (Lipinski definition) is 2. The first kappa shape index (κ1) is 11.4. The van der Waals surface area contributed by atoms with Crippen LogP contribution in [0.4, 0.5) is 5.69 Å². The third kappa shape index (κ3) is 3.91. The molecule has 80 valence electrons. The number of carbonyl (C=O) groups excluding carboxylic acids is 2. The van der Waals surface area contributed by atoms with Gasteiger partial charge in [0.15, 0.2) is 0 Å². The third-order valence-electron chi connectivity index (χ3n) is 1.83. The Balaban J connectivity index is 2.57. The Hall–Kier alpha value is -1.68. The number of rotatable bonds is 4. The SMILES string of the molecule is CC(=O)CC(=O)Nc1ccc(CO)cc1. The summed E-state index contributed by atoms with van der Waals surface area (Å²) in [6.45, 7) is 1.34. The van der Waals surface area contributed by atoms with E-state index >= 15 is 0 Å². The van der Waals surface area contributed by atoms with Gasteiger partial charge in [0, 0.05) is 5.69 Å². The smallest absolute Gasteiger partial charge is 0.231 e. The molecular formula is C11H13NO3. The molecule has 0 heterocycles. The van der Waals surface area contributed by atoms with Crippen LogP contribution >= 0.6 is 0 Å². The molecule has 0 radical (unpaired) electrons. The fourth-order valence-corrected chi connectivity index (χ4v) is 1.12. The zero-order valence-electron chi connectivity index (χ0n) is 8.49. The summed E-state index contributed by atoms with van der Waals surface area (Å²) in [6, 6.07) is 6.79. The molecule has 0 aromatic heterocycles. The largest absolute Gasteiger partial charge is 0.392 e. The van der Waals surface area contributed by atoms with Crippen LogP contribution in [-0.4, -0.2) is 16.8 Å². The van der Waals surface area contributed by atoms with Gasteiger partial charge < -0.3 is 10.4 Å². The summed E-state index contributed by atoms with van der Waals surface area (Å²) in [5.74, 6) is -0.487. The molecule has 0 bridgehead atoms. The number of aliphatic hydroxyl groups is 1. The van der Waals surface area contributed by atoms with Crippen LogP contribution in [0.3, 0.4) is 0 Å². The molecule has 0 saturated carbocycles. The van der Waals surface area contributed by atoms with Gasteiger partial charge in [-0.2, -0.15) is 0 Å². The van der Waals surface area contributed by atoms with Crippen LogP contribution in [0.1, 0.15) is 18.9 Å². The maximum atomic E-state index is 11.2. The highest BCUT2D eigenvalue weighted by molar-refractivity contribution is 6.03. The van der Waals surface area contributed by atoms with Crippen LogP contribution in [0.25, 0.3) is 0 Å². The lowest BCUT2D eigenvalue weighted by atomic mass is 10.2. The van der Waals surface area contributed by atoms with Gasteiger partial charge in [-0.05, 0) is 24.6 Å². The van der Waals surface area contributed by atoms with Gasteiger partial charge >= 0.3 is 0 Å². The van der Waals surface area contributed by atoms with Gasteiger partial charge in [0.05, 0.1) is 13.0 Å². The molecule has 4 nitrogen and oxygen atoms in total. The first-order chi connectivity index (χ1) is 7.11. The Labute approximate surface area is 87.9 Å². The molecule has 4 heteroatoms. The Kier molecular flexibility index (Phi) is 4.00. The second-order valence-electron chi connectivity index (χ2n) is 3.28. The lowest BCUT2D eigenvalue weighted by molar-refractivity contribution is -0.124. The highest BCUT2D eigenvalue weighted by Gasteiger charge is 2.04. The number of aliphatic hydroxyl groups excluding tert-OH is 1. The summed E-state index contributed by atoms with van der Waals surface area (Å²) in [4.78, 5) is 21.8. The second-order valence-corrected chi connectivity index (χ2v) is 3.28. The van der Waals surface area contributed by atoms with Gasteiger partial charge in [-0.15, -0.1) is 0 Å². The average molecular weight is 207 g/mol. The maximum absolute atomic E-state index is 11.2. The third-order valence-corrected chi connectivity index (χ3v) is 1.83. The van der Waals surface area contributed by atoms with E-state index in [0.29, 0.717) is 5.69 Å². The minimum atomic E-state index is -0.320. The van der Waals surface area contributed by atoms with Crippen LogP contribution in [-0.2, 0) is 16.2 Å². The predicted molar refractivity (Wildman–Crippen MR) is 56.3 cm³/mol. The molecule has 0 spiro atoms. The Morgan fingerprint density at radius 1 is 1.27 bits per heavy atom. The van der Waals surface area contributed by atoms with Crippen molar-refractivity contribution in [2.24, 2.45) is 0 Å². The Morgan fingerprint density at radius 2 is 1.87 bits per heavy atom. The van der Waals surface area contributed by atoms with E-state index in [4.69, 9.17) is 5.11 Å². The summed E-state index contributed by atoms with van der Waals surface area (Å²) in [7, 11) is 0. The summed E-state index contributed by atoms with van der Waals surface area (Å²) in [6.07, 6.45) is -0.109. The average Bonchev–Trinajstić information content (AvgIpc) is 2.17. The number of Topliss-reactive ketones (excluding diaryl/α,β-unsaturated/α-hetero) is 1. The van der Waals surface area contributed by atoms with E-state index in [1.807, 2.05) is 0 Å². The molecule has 0 atom stereocenters. The first-order valence-electron chi connectivity index (χ1n) is 4.61. The lowest BCUT2D eigenvalue weighted by Gasteiger charge is -2.04. The van der Waals surface area contributed by atoms with E-state index in [1.54, 1.807) is 24.3 Å². The topological polar surface area (TPSA) is 66.4 Å². The molecule has 1 aromatic rings. The lowest BCUT2D eigenvalue weighted by Crippen LogP contribution is -2.14. The zero-order valence-corrected chi connectivity index (χ0v) is 8.49. The molecular weight excluding hydrogens is 194 g/mol. The number of hydrogen-bond acceptors (Lipinski definition) is 3. The number of nitrogens with one attached hydrogen (secondary N) is 1. The minimum absolute atomic E-state index is 0.0261. The Bertz CT molecular complexity index is 357. The van der Waals surface area contributed by atoms with Crippen molar-refractivity contribution in [3.8, 4) is 0 Å². The van der Waals surface area contributed by atoms with E-state index in [-0.39, 0.29) is 24.7 Å². The van der Waals surface area contributed by atoms with Crippen LogP contribution in [0, 0.1) is 0 Å². The van der Waals surface area contributed by atoms with Crippen molar-refractivity contribution in [3.05, 3.63) is 29.8 Å². The van der Waals surface area contributed by atoms with Gasteiger partial charge in [0.25, 0.3) is 0 Å². The van der Waals surface area contributed by atoms with Crippen molar-refractivity contribution >= 4 is 17.4 Å². The highest BCUT2D eigenvalue weighted by Crippen LogP contribution is 2.09. The second kappa shape index (κ2) is 5.26. The van der Waals surface area contributed by atoms with Gasteiger partial charge in [-0.25, -0.2) is 0 Å². The molecule has 0 aliphatic rings.